The lowest BCUT2D eigenvalue weighted by Gasteiger charge is -2.16. The van der Waals surface area contributed by atoms with E-state index in [4.69, 9.17) is 4.74 Å². The van der Waals surface area contributed by atoms with Crippen molar-refractivity contribution in [1.29, 1.82) is 0 Å². The zero-order chi connectivity index (χ0) is 18.6. The van der Waals surface area contributed by atoms with Gasteiger partial charge in [0, 0.05) is 5.69 Å². The highest BCUT2D eigenvalue weighted by atomic mass is 19.1. The quantitative estimate of drug-likeness (QED) is 0.821. The third-order valence-electron chi connectivity index (χ3n) is 3.93. The van der Waals surface area contributed by atoms with Gasteiger partial charge in [-0.15, -0.1) is 0 Å². The number of halogens is 1. The number of ether oxygens (including phenoxy) is 1. The summed E-state index contributed by atoms with van der Waals surface area (Å²) >= 11 is 0. The Morgan fingerprint density at radius 1 is 1.12 bits per heavy atom. The summed E-state index contributed by atoms with van der Waals surface area (Å²) in [6, 6.07) is 9.86. The topological polar surface area (TPSA) is 55.4 Å². The SMILES string of the molecule is Cc1ccc(C(=O)OCC(=O)Nc2c(C)cccc2C(C)C)cc1F. The molecule has 0 aromatic heterocycles. The smallest absolute Gasteiger partial charge is 0.338 e. The van der Waals surface area contributed by atoms with Gasteiger partial charge in [-0.05, 0) is 48.6 Å². The van der Waals surface area contributed by atoms with Gasteiger partial charge in [0.2, 0.25) is 0 Å². The first kappa shape index (κ1) is 18.6. The molecule has 1 N–H and O–H groups in total. The summed E-state index contributed by atoms with van der Waals surface area (Å²) in [6.45, 7) is 7.15. The van der Waals surface area contributed by atoms with Crippen LogP contribution in [0.2, 0.25) is 0 Å². The van der Waals surface area contributed by atoms with Crippen LogP contribution in [0.15, 0.2) is 36.4 Å². The molecule has 0 heterocycles. The molecule has 4 nitrogen and oxygen atoms in total. The first-order chi connectivity index (χ1) is 11.8. The van der Waals surface area contributed by atoms with E-state index in [0.29, 0.717) is 5.56 Å². The Kier molecular flexibility index (Phi) is 5.91. The highest BCUT2D eigenvalue weighted by Crippen LogP contribution is 2.27. The number of para-hydroxylation sites is 1. The summed E-state index contributed by atoms with van der Waals surface area (Å²) in [5.41, 5.74) is 3.21. The second kappa shape index (κ2) is 7.92. The summed E-state index contributed by atoms with van der Waals surface area (Å²) in [5.74, 6) is -1.41. The predicted molar refractivity (Wildman–Crippen MR) is 95.3 cm³/mol. The highest BCUT2D eigenvalue weighted by Gasteiger charge is 2.15. The van der Waals surface area contributed by atoms with E-state index in [1.54, 1.807) is 6.92 Å². The Bertz CT molecular complexity index is 800. The molecule has 132 valence electrons. The number of carbonyl (C=O) groups is 2. The first-order valence-electron chi connectivity index (χ1n) is 8.12. The summed E-state index contributed by atoms with van der Waals surface area (Å²) in [7, 11) is 0. The third-order valence-corrected chi connectivity index (χ3v) is 3.93. The van der Waals surface area contributed by atoms with E-state index in [1.165, 1.54) is 12.1 Å². The number of hydrogen-bond donors (Lipinski definition) is 1. The lowest BCUT2D eigenvalue weighted by Crippen LogP contribution is -2.22. The van der Waals surface area contributed by atoms with Crippen molar-refractivity contribution in [1.82, 2.24) is 0 Å². The Morgan fingerprint density at radius 2 is 1.84 bits per heavy atom. The molecule has 0 fully saturated rings. The van der Waals surface area contributed by atoms with Crippen LogP contribution in [0.25, 0.3) is 0 Å². The molecule has 0 saturated carbocycles. The van der Waals surface area contributed by atoms with Gasteiger partial charge < -0.3 is 10.1 Å². The average Bonchev–Trinajstić information content (AvgIpc) is 2.56. The fraction of sp³-hybridized carbons (Fsp3) is 0.300. The molecular formula is C20H22FNO3. The van der Waals surface area contributed by atoms with Crippen LogP contribution in [0.4, 0.5) is 10.1 Å². The van der Waals surface area contributed by atoms with E-state index in [2.05, 4.69) is 5.32 Å². The maximum absolute atomic E-state index is 13.5. The number of rotatable bonds is 5. The van der Waals surface area contributed by atoms with Crippen molar-refractivity contribution in [2.24, 2.45) is 0 Å². The van der Waals surface area contributed by atoms with Crippen LogP contribution in [-0.4, -0.2) is 18.5 Å². The normalized spacial score (nSPS) is 10.6. The molecule has 0 aliphatic carbocycles. The van der Waals surface area contributed by atoms with Crippen LogP contribution in [0.3, 0.4) is 0 Å². The largest absolute Gasteiger partial charge is 0.452 e. The first-order valence-corrected chi connectivity index (χ1v) is 8.12. The van der Waals surface area contributed by atoms with Crippen LogP contribution in [0.5, 0.6) is 0 Å². The molecule has 0 atom stereocenters. The van der Waals surface area contributed by atoms with E-state index < -0.39 is 24.3 Å². The molecule has 0 radical (unpaired) electrons. The second-order valence-corrected chi connectivity index (χ2v) is 6.28. The van der Waals surface area contributed by atoms with Crippen molar-refractivity contribution in [2.75, 3.05) is 11.9 Å². The minimum atomic E-state index is -0.733. The van der Waals surface area contributed by atoms with E-state index in [9.17, 15) is 14.0 Å². The molecule has 2 rings (SSSR count). The van der Waals surface area contributed by atoms with Crippen LogP contribution in [0.1, 0.15) is 46.8 Å². The predicted octanol–water partition coefficient (Wildman–Crippen LogP) is 4.36. The van der Waals surface area contributed by atoms with Crippen LogP contribution in [-0.2, 0) is 9.53 Å². The fourth-order valence-electron chi connectivity index (χ4n) is 2.45. The standard InChI is InChI=1S/C20H22FNO3/c1-12(2)16-7-5-6-14(4)19(16)22-18(23)11-25-20(24)15-9-8-13(3)17(21)10-15/h5-10,12H,11H2,1-4H3,(H,22,23). The van der Waals surface area contributed by atoms with Gasteiger partial charge in [0.15, 0.2) is 6.61 Å². The van der Waals surface area contributed by atoms with Crippen LogP contribution in [0, 0.1) is 19.7 Å². The summed E-state index contributed by atoms with van der Waals surface area (Å²) in [4.78, 5) is 24.1. The van der Waals surface area contributed by atoms with Crippen molar-refractivity contribution in [3.63, 3.8) is 0 Å². The van der Waals surface area contributed by atoms with Gasteiger partial charge in [0.05, 0.1) is 5.56 Å². The maximum atomic E-state index is 13.5. The van der Waals surface area contributed by atoms with Gasteiger partial charge in [-0.25, -0.2) is 9.18 Å². The van der Waals surface area contributed by atoms with Gasteiger partial charge in [-0.3, -0.25) is 4.79 Å². The van der Waals surface area contributed by atoms with Crippen molar-refractivity contribution in [3.05, 3.63) is 64.5 Å². The van der Waals surface area contributed by atoms with Crippen molar-refractivity contribution < 1.29 is 18.7 Å². The Morgan fingerprint density at radius 3 is 2.48 bits per heavy atom. The summed E-state index contributed by atoms with van der Waals surface area (Å²) in [6.07, 6.45) is 0. The number of hydrogen-bond acceptors (Lipinski definition) is 3. The Hall–Kier alpha value is -2.69. The Labute approximate surface area is 147 Å². The lowest BCUT2D eigenvalue weighted by atomic mass is 9.98. The van der Waals surface area contributed by atoms with Crippen LogP contribution < -0.4 is 5.32 Å². The van der Waals surface area contributed by atoms with Gasteiger partial charge in [0.25, 0.3) is 5.91 Å². The van der Waals surface area contributed by atoms with E-state index in [0.717, 1.165) is 22.9 Å². The molecule has 0 saturated heterocycles. The van der Waals surface area contributed by atoms with Crippen molar-refractivity contribution >= 4 is 17.6 Å². The lowest BCUT2D eigenvalue weighted by molar-refractivity contribution is -0.119. The fourth-order valence-corrected chi connectivity index (χ4v) is 2.45. The molecule has 0 spiro atoms. The molecule has 0 unspecified atom stereocenters. The van der Waals surface area contributed by atoms with Gasteiger partial charge in [-0.2, -0.15) is 0 Å². The molecule has 1 amide bonds. The highest BCUT2D eigenvalue weighted by molar-refractivity contribution is 5.96. The number of esters is 1. The average molecular weight is 343 g/mol. The zero-order valence-corrected chi connectivity index (χ0v) is 14.9. The van der Waals surface area contributed by atoms with Crippen molar-refractivity contribution in [3.8, 4) is 0 Å². The van der Waals surface area contributed by atoms with Gasteiger partial charge in [-0.1, -0.05) is 38.1 Å². The molecule has 25 heavy (non-hydrogen) atoms. The summed E-state index contributed by atoms with van der Waals surface area (Å²) < 4.78 is 18.5. The molecule has 0 bridgehead atoms. The molecule has 5 heteroatoms. The minimum absolute atomic E-state index is 0.0784. The number of aryl methyl sites for hydroxylation is 2. The number of anilines is 1. The van der Waals surface area contributed by atoms with E-state index in [1.807, 2.05) is 39.0 Å². The number of benzene rings is 2. The molecule has 0 aliphatic rings. The molecular weight excluding hydrogens is 321 g/mol. The van der Waals surface area contributed by atoms with Crippen molar-refractivity contribution in [2.45, 2.75) is 33.6 Å². The second-order valence-electron chi connectivity index (χ2n) is 6.28. The minimum Gasteiger partial charge on any atom is -0.452 e. The number of amides is 1. The summed E-state index contributed by atoms with van der Waals surface area (Å²) in [5, 5.41) is 2.80. The number of carbonyl (C=O) groups excluding carboxylic acids is 2. The molecule has 2 aromatic rings. The van der Waals surface area contributed by atoms with E-state index >= 15 is 0 Å². The monoisotopic (exact) mass is 343 g/mol. The Balaban J connectivity index is 2.02. The van der Waals surface area contributed by atoms with Crippen LogP contribution >= 0.6 is 0 Å². The number of nitrogens with one attached hydrogen (secondary N) is 1. The molecule has 0 aliphatic heterocycles. The molecule has 2 aromatic carbocycles. The maximum Gasteiger partial charge on any atom is 0.338 e. The zero-order valence-electron chi connectivity index (χ0n) is 14.9. The van der Waals surface area contributed by atoms with E-state index in [-0.39, 0.29) is 11.5 Å². The third kappa shape index (κ3) is 4.66. The van der Waals surface area contributed by atoms with Gasteiger partial charge >= 0.3 is 5.97 Å². The van der Waals surface area contributed by atoms with Gasteiger partial charge in [0.1, 0.15) is 5.82 Å².